The van der Waals surface area contributed by atoms with Crippen LogP contribution in [0.4, 0.5) is 0 Å². The zero-order valence-corrected chi connectivity index (χ0v) is 15.5. The number of benzene rings is 1. The van der Waals surface area contributed by atoms with E-state index in [0.717, 1.165) is 12.0 Å². The van der Waals surface area contributed by atoms with E-state index in [2.05, 4.69) is 0 Å². The topological polar surface area (TPSA) is 76.8 Å². The van der Waals surface area contributed by atoms with Crippen molar-refractivity contribution in [3.8, 4) is 5.75 Å². The van der Waals surface area contributed by atoms with E-state index in [4.69, 9.17) is 8.60 Å². The number of hydrogen-bond acceptors (Lipinski definition) is 5. The Balaban J connectivity index is 2.15. The number of carbonyl (C=O) groups is 1. The van der Waals surface area contributed by atoms with Crippen LogP contribution in [-0.2, 0) is 16.7 Å². The van der Waals surface area contributed by atoms with Crippen LogP contribution in [0.5, 0.6) is 5.75 Å². The van der Waals surface area contributed by atoms with Crippen LogP contribution in [0.2, 0.25) is 0 Å². The molecule has 0 saturated carbocycles. The Morgan fingerprint density at radius 1 is 1.20 bits per heavy atom. The predicted molar refractivity (Wildman–Crippen MR) is 94.9 cm³/mol. The van der Waals surface area contributed by atoms with Crippen molar-refractivity contribution in [2.45, 2.75) is 39.8 Å². The summed E-state index contributed by atoms with van der Waals surface area (Å²) < 4.78 is 33.2. The second-order valence-corrected chi connectivity index (χ2v) is 7.60. The van der Waals surface area contributed by atoms with Gasteiger partial charge >= 0.3 is 10.1 Å². The predicted octanol–water partition coefficient (Wildman–Crippen LogP) is 3.45. The Hall–Kier alpha value is -2.28. The van der Waals surface area contributed by atoms with E-state index in [9.17, 15) is 13.2 Å². The van der Waals surface area contributed by atoms with E-state index in [0.29, 0.717) is 12.3 Å². The third-order valence-corrected chi connectivity index (χ3v) is 5.12. The Labute approximate surface area is 148 Å². The van der Waals surface area contributed by atoms with Crippen molar-refractivity contribution in [2.24, 2.45) is 0 Å². The molecule has 1 atom stereocenters. The van der Waals surface area contributed by atoms with E-state index in [1.54, 1.807) is 41.3 Å². The van der Waals surface area contributed by atoms with Gasteiger partial charge in [0.1, 0.15) is 5.75 Å². The summed E-state index contributed by atoms with van der Waals surface area (Å²) in [4.78, 5) is 14.4. The monoisotopic (exact) mass is 365 g/mol. The van der Waals surface area contributed by atoms with Crippen LogP contribution < -0.4 is 4.18 Å². The highest BCUT2D eigenvalue weighted by molar-refractivity contribution is 7.87. The molecule has 7 heteroatoms. The highest BCUT2D eigenvalue weighted by Crippen LogP contribution is 2.19. The lowest BCUT2D eigenvalue weighted by Crippen LogP contribution is -2.37. The van der Waals surface area contributed by atoms with Gasteiger partial charge in [0.05, 0.1) is 12.0 Å². The molecule has 136 valence electrons. The fourth-order valence-electron chi connectivity index (χ4n) is 2.24. The van der Waals surface area contributed by atoms with E-state index >= 15 is 0 Å². The lowest BCUT2D eigenvalue weighted by Gasteiger charge is -2.28. The first-order valence-corrected chi connectivity index (χ1v) is 9.79. The molecular formula is C18H23NO5S. The van der Waals surface area contributed by atoms with Crippen molar-refractivity contribution in [3.63, 3.8) is 0 Å². The normalized spacial score (nSPS) is 12.6. The molecule has 0 bridgehead atoms. The molecule has 0 aliphatic rings. The van der Waals surface area contributed by atoms with E-state index < -0.39 is 10.1 Å². The summed E-state index contributed by atoms with van der Waals surface area (Å²) in [6.45, 7) is 5.91. The number of rotatable bonds is 8. The van der Waals surface area contributed by atoms with Crippen molar-refractivity contribution >= 4 is 16.0 Å². The van der Waals surface area contributed by atoms with E-state index in [-0.39, 0.29) is 23.5 Å². The molecular weight excluding hydrogens is 342 g/mol. The van der Waals surface area contributed by atoms with Crippen LogP contribution in [0, 0.1) is 0 Å². The smallest absolute Gasteiger partial charge is 0.308 e. The Morgan fingerprint density at radius 3 is 2.40 bits per heavy atom. The summed E-state index contributed by atoms with van der Waals surface area (Å²) >= 11 is 0. The molecule has 2 aromatic rings. The lowest BCUT2D eigenvalue weighted by atomic mass is 10.1. The average Bonchev–Trinajstić information content (AvgIpc) is 3.14. The molecule has 2 rings (SSSR count). The van der Waals surface area contributed by atoms with Gasteiger partial charge in [-0.3, -0.25) is 4.79 Å². The van der Waals surface area contributed by atoms with Gasteiger partial charge in [-0.05, 0) is 50.1 Å². The molecule has 25 heavy (non-hydrogen) atoms. The Kier molecular flexibility index (Phi) is 6.25. The number of nitrogens with zero attached hydrogens (tertiary/aromatic N) is 1. The minimum Gasteiger partial charge on any atom is -0.459 e. The van der Waals surface area contributed by atoms with Gasteiger partial charge in [0, 0.05) is 12.6 Å². The second kappa shape index (κ2) is 8.20. The van der Waals surface area contributed by atoms with Crippen molar-refractivity contribution in [1.29, 1.82) is 0 Å². The third-order valence-electron chi connectivity index (χ3n) is 3.97. The molecule has 1 heterocycles. The highest BCUT2D eigenvalue weighted by Gasteiger charge is 2.22. The number of carbonyl (C=O) groups excluding carboxylic acids is 1. The van der Waals surface area contributed by atoms with Gasteiger partial charge in [0.2, 0.25) is 0 Å². The minimum absolute atomic E-state index is 0.0361. The zero-order valence-electron chi connectivity index (χ0n) is 14.6. The SMILES string of the molecule is CC[C@H](C)N(Cc1ccc(OS(=O)(=O)CC)cc1)C(=O)c1ccco1. The Morgan fingerprint density at radius 2 is 1.88 bits per heavy atom. The van der Waals surface area contributed by atoms with Gasteiger partial charge in [-0.15, -0.1) is 0 Å². The summed E-state index contributed by atoms with van der Waals surface area (Å²) in [6, 6.07) is 10.1. The van der Waals surface area contributed by atoms with Crippen molar-refractivity contribution in [3.05, 3.63) is 54.0 Å². The molecule has 0 saturated heterocycles. The van der Waals surface area contributed by atoms with Crippen LogP contribution in [0.25, 0.3) is 0 Å². The lowest BCUT2D eigenvalue weighted by molar-refractivity contribution is 0.0638. The molecule has 1 amide bonds. The molecule has 0 aliphatic heterocycles. The van der Waals surface area contributed by atoms with Crippen molar-refractivity contribution < 1.29 is 21.8 Å². The third kappa shape index (κ3) is 5.09. The van der Waals surface area contributed by atoms with Gasteiger partial charge in [0.15, 0.2) is 5.76 Å². The maximum atomic E-state index is 12.6. The molecule has 0 N–H and O–H groups in total. The first-order chi connectivity index (χ1) is 11.9. The van der Waals surface area contributed by atoms with E-state index in [1.165, 1.54) is 13.2 Å². The molecule has 1 aromatic heterocycles. The van der Waals surface area contributed by atoms with Gasteiger partial charge < -0.3 is 13.5 Å². The molecule has 0 radical (unpaired) electrons. The van der Waals surface area contributed by atoms with Crippen LogP contribution >= 0.6 is 0 Å². The fraction of sp³-hybridized carbons (Fsp3) is 0.389. The van der Waals surface area contributed by atoms with E-state index in [1.807, 2.05) is 13.8 Å². The summed E-state index contributed by atoms with van der Waals surface area (Å²) in [5.74, 6) is 0.300. The van der Waals surface area contributed by atoms with Crippen molar-refractivity contribution in [2.75, 3.05) is 5.75 Å². The first-order valence-electron chi connectivity index (χ1n) is 8.21. The summed E-state index contributed by atoms with van der Waals surface area (Å²) in [7, 11) is -3.55. The maximum absolute atomic E-state index is 12.6. The molecule has 0 spiro atoms. The van der Waals surface area contributed by atoms with Gasteiger partial charge in [-0.2, -0.15) is 8.42 Å². The van der Waals surface area contributed by atoms with Crippen LogP contribution in [0.1, 0.15) is 43.3 Å². The molecule has 1 aromatic carbocycles. The standard InChI is InChI=1S/C18H23NO5S/c1-4-14(3)19(18(20)17-7-6-12-23-17)13-15-8-10-16(11-9-15)24-25(21,22)5-2/h6-12,14H,4-5,13H2,1-3H3/t14-/m0/s1. The van der Waals surface area contributed by atoms with Gasteiger partial charge in [-0.1, -0.05) is 19.1 Å². The largest absolute Gasteiger partial charge is 0.459 e. The van der Waals surface area contributed by atoms with Crippen molar-refractivity contribution in [1.82, 2.24) is 4.90 Å². The minimum atomic E-state index is -3.55. The highest BCUT2D eigenvalue weighted by atomic mass is 32.2. The summed E-state index contributed by atoms with van der Waals surface area (Å²) in [5, 5.41) is 0. The zero-order chi connectivity index (χ0) is 18.4. The first kappa shape index (κ1) is 19.1. The molecule has 0 unspecified atom stereocenters. The average molecular weight is 365 g/mol. The maximum Gasteiger partial charge on any atom is 0.308 e. The number of hydrogen-bond donors (Lipinski definition) is 0. The molecule has 0 aliphatic carbocycles. The van der Waals surface area contributed by atoms with Crippen LogP contribution in [0.3, 0.4) is 0 Å². The van der Waals surface area contributed by atoms with Gasteiger partial charge in [0.25, 0.3) is 5.91 Å². The molecule has 0 fully saturated rings. The van der Waals surface area contributed by atoms with Crippen LogP contribution in [0.15, 0.2) is 47.1 Å². The second-order valence-electron chi connectivity index (χ2n) is 5.74. The Bertz CT molecular complexity index is 781. The summed E-state index contributed by atoms with van der Waals surface area (Å²) in [5.41, 5.74) is 0.876. The molecule has 6 nitrogen and oxygen atoms in total. The number of furan rings is 1. The number of amides is 1. The van der Waals surface area contributed by atoms with Crippen LogP contribution in [-0.4, -0.2) is 31.0 Å². The van der Waals surface area contributed by atoms with Gasteiger partial charge in [-0.25, -0.2) is 0 Å². The quantitative estimate of drug-likeness (QED) is 0.670. The fourth-order valence-corrected chi connectivity index (χ4v) is 2.76. The summed E-state index contributed by atoms with van der Waals surface area (Å²) in [6.07, 6.45) is 2.28.